The summed E-state index contributed by atoms with van der Waals surface area (Å²) in [7, 11) is 2.21. The van der Waals surface area contributed by atoms with Crippen molar-refractivity contribution in [2.24, 2.45) is 0 Å². The maximum atomic E-state index is 12.0. The summed E-state index contributed by atoms with van der Waals surface area (Å²) in [4.78, 5) is 26.1. The molecule has 3 heterocycles. The van der Waals surface area contributed by atoms with Crippen LogP contribution >= 0.6 is 0 Å². The quantitative estimate of drug-likeness (QED) is 0.365. The van der Waals surface area contributed by atoms with Crippen molar-refractivity contribution in [3.8, 4) is 22.6 Å². The lowest BCUT2D eigenvalue weighted by molar-refractivity contribution is 0.0828. The third-order valence-electron chi connectivity index (χ3n) is 8.17. The number of nitrogen functional groups attached to an aromatic ring is 1. The summed E-state index contributed by atoms with van der Waals surface area (Å²) in [6.07, 6.45) is 9.11. The Labute approximate surface area is 223 Å². The number of aldehydes is 1. The molecule has 0 atom stereocenters. The summed E-state index contributed by atoms with van der Waals surface area (Å²) >= 11 is 0. The average molecular weight is 511 g/mol. The predicted molar refractivity (Wildman–Crippen MR) is 150 cm³/mol. The molecule has 0 amide bonds. The Hall–Kier alpha value is -3.75. The second-order valence-electron chi connectivity index (χ2n) is 10.5. The van der Waals surface area contributed by atoms with E-state index in [4.69, 9.17) is 10.5 Å². The van der Waals surface area contributed by atoms with E-state index in [0.29, 0.717) is 35.0 Å². The molecule has 0 unspecified atom stereocenters. The standard InChI is InChI=1S/C30H34N6O2/c1-34-13-15-35(16-14-34)23-8-10-24(11-9-23)36-18-26(28-29(31)32-20-33-30(28)36)21-7-12-27(22(17-21)19-37)38-25-5-3-2-4-6-25/h2-7,12,17-20,23-24H,8-11,13-16H2,1H3,(H2,31,32,33). The SMILES string of the molecule is CN1CCN(C2CCC(n3cc(-c4ccc(Oc5ccccc5)c(C=O)c4)c4c(N)ncnc43)CC2)CC1. The van der Waals surface area contributed by atoms with Crippen LogP contribution in [0.4, 0.5) is 5.82 Å². The van der Waals surface area contributed by atoms with Crippen molar-refractivity contribution in [1.29, 1.82) is 0 Å². The molecule has 0 bridgehead atoms. The summed E-state index contributed by atoms with van der Waals surface area (Å²) in [5.41, 5.74) is 9.57. The molecule has 38 heavy (non-hydrogen) atoms. The van der Waals surface area contributed by atoms with Crippen molar-refractivity contribution in [2.75, 3.05) is 39.0 Å². The van der Waals surface area contributed by atoms with Crippen LogP contribution in [0.3, 0.4) is 0 Å². The molecule has 8 heteroatoms. The number of ether oxygens (including phenoxy) is 1. The minimum atomic E-state index is 0.357. The number of nitrogens with zero attached hydrogens (tertiary/aromatic N) is 5. The molecule has 1 saturated carbocycles. The van der Waals surface area contributed by atoms with Crippen molar-refractivity contribution in [3.63, 3.8) is 0 Å². The van der Waals surface area contributed by atoms with Gasteiger partial charge >= 0.3 is 0 Å². The highest BCUT2D eigenvalue weighted by Gasteiger charge is 2.30. The number of aromatic nitrogens is 3. The highest BCUT2D eigenvalue weighted by atomic mass is 16.5. The number of nitrogens with two attached hydrogens (primary N) is 1. The third-order valence-corrected chi connectivity index (χ3v) is 8.17. The number of para-hydroxylation sites is 1. The van der Waals surface area contributed by atoms with Crippen LogP contribution in [0.5, 0.6) is 11.5 Å². The average Bonchev–Trinajstić information content (AvgIpc) is 3.35. The zero-order valence-corrected chi connectivity index (χ0v) is 21.8. The second-order valence-corrected chi connectivity index (χ2v) is 10.5. The van der Waals surface area contributed by atoms with Crippen molar-refractivity contribution in [3.05, 3.63) is 66.6 Å². The molecule has 8 nitrogen and oxygen atoms in total. The fourth-order valence-corrected chi connectivity index (χ4v) is 6.01. The summed E-state index contributed by atoms with van der Waals surface area (Å²) in [5, 5.41) is 0.835. The van der Waals surface area contributed by atoms with Crippen molar-refractivity contribution < 1.29 is 9.53 Å². The van der Waals surface area contributed by atoms with Crippen LogP contribution in [-0.2, 0) is 0 Å². The number of carbonyl (C=O) groups is 1. The van der Waals surface area contributed by atoms with Crippen LogP contribution in [0.1, 0.15) is 42.1 Å². The van der Waals surface area contributed by atoms with Gasteiger partial charge in [-0.2, -0.15) is 0 Å². The smallest absolute Gasteiger partial charge is 0.153 e. The molecular weight excluding hydrogens is 476 g/mol. The summed E-state index contributed by atoms with van der Waals surface area (Å²) in [6.45, 7) is 4.63. The first kappa shape index (κ1) is 24.6. The van der Waals surface area contributed by atoms with Gasteiger partial charge in [0, 0.05) is 50.0 Å². The van der Waals surface area contributed by atoms with E-state index >= 15 is 0 Å². The van der Waals surface area contributed by atoms with Gasteiger partial charge in [0.1, 0.15) is 29.3 Å². The molecule has 6 rings (SSSR count). The van der Waals surface area contributed by atoms with Crippen LogP contribution in [0.25, 0.3) is 22.2 Å². The maximum absolute atomic E-state index is 12.0. The number of piperazine rings is 1. The lowest BCUT2D eigenvalue weighted by Gasteiger charge is -2.41. The van der Waals surface area contributed by atoms with E-state index in [2.05, 4.69) is 37.6 Å². The minimum Gasteiger partial charge on any atom is -0.457 e. The van der Waals surface area contributed by atoms with Gasteiger partial charge < -0.3 is 19.9 Å². The number of hydrogen-bond donors (Lipinski definition) is 1. The van der Waals surface area contributed by atoms with E-state index in [9.17, 15) is 4.79 Å². The number of fused-ring (bicyclic) bond motifs is 1. The molecule has 1 aliphatic carbocycles. The van der Waals surface area contributed by atoms with E-state index < -0.39 is 0 Å². The molecule has 1 aliphatic heterocycles. The highest BCUT2D eigenvalue weighted by molar-refractivity contribution is 6.01. The molecule has 4 aromatic rings. The van der Waals surface area contributed by atoms with E-state index in [1.807, 2.05) is 48.5 Å². The lowest BCUT2D eigenvalue weighted by Crippen LogP contribution is -2.49. The van der Waals surface area contributed by atoms with Gasteiger partial charge in [-0.15, -0.1) is 0 Å². The van der Waals surface area contributed by atoms with Gasteiger partial charge in [0.05, 0.1) is 10.9 Å². The van der Waals surface area contributed by atoms with Gasteiger partial charge in [0.15, 0.2) is 6.29 Å². The summed E-state index contributed by atoms with van der Waals surface area (Å²) in [5.74, 6) is 1.65. The van der Waals surface area contributed by atoms with E-state index in [0.717, 1.165) is 67.5 Å². The number of benzene rings is 2. The van der Waals surface area contributed by atoms with Gasteiger partial charge in [-0.1, -0.05) is 24.3 Å². The predicted octanol–water partition coefficient (Wildman–Crippen LogP) is 5.02. The summed E-state index contributed by atoms with van der Waals surface area (Å²) in [6, 6.07) is 16.2. The van der Waals surface area contributed by atoms with Gasteiger partial charge in [-0.25, -0.2) is 9.97 Å². The molecular formula is C30H34N6O2. The number of carbonyl (C=O) groups excluding carboxylic acids is 1. The zero-order valence-electron chi connectivity index (χ0n) is 21.8. The fraction of sp³-hybridized carbons (Fsp3) is 0.367. The van der Waals surface area contributed by atoms with E-state index in [-0.39, 0.29) is 0 Å². The first-order chi connectivity index (χ1) is 18.6. The highest BCUT2D eigenvalue weighted by Crippen LogP contribution is 2.40. The summed E-state index contributed by atoms with van der Waals surface area (Å²) < 4.78 is 8.27. The molecule has 2 aromatic carbocycles. The Balaban J connectivity index is 1.29. The molecule has 0 spiro atoms. The Morgan fingerprint density at radius 3 is 2.42 bits per heavy atom. The van der Waals surface area contributed by atoms with Crippen molar-refractivity contribution in [2.45, 2.75) is 37.8 Å². The van der Waals surface area contributed by atoms with Gasteiger partial charge in [0.25, 0.3) is 0 Å². The van der Waals surface area contributed by atoms with Crippen molar-refractivity contribution in [1.82, 2.24) is 24.3 Å². The Morgan fingerprint density at radius 1 is 0.947 bits per heavy atom. The van der Waals surface area contributed by atoms with Crippen LogP contribution in [0.2, 0.25) is 0 Å². The molecule has 2 aromatic heterocycles. The third kappa shape index (κ3) is 4.77. The molecule has 0 radical (unpaired) electrons. The Bertz CT molecular complexity index is 1420. The molecule has 2 aliphatic rings. The zero-order chi connectivity index (χ0) is 26.1. The van der Waals surface area contributed by atoms with Gasteiger partial charge in [-0.05, 0) is 62.6 Å². The second kappa shape index (κ2) is 10.6. The first-order valence-corrected chi connectivity index (χ1v) is 13.5. The molecule has 1 saturated heterocycles. The first-order valence-electron chi connectivity index (χ1n) is 13.5. The Kier molecular flexibility index (Phi) is 6.82. The van der Waals surface area contributed by atoms with E-state index in [1.165, 1.54) is 12.8 Å². The van der Waals surface area contributed by atoms with Crippen LogP contribution in [0.15, 0.2) is 61.1 Å². The van der Waals surface area contributed by atoms with Crippen LogP contribution < -0.4 is 10.5 Å². The normalized spacial score (nSPS) is 21.0. The van der Waals surface area contributed by atoms with Gasteiger partial charge in [-0.3, -0.25) is 9.69 Å². The number of rotatable bonds is 6. The lowest BCUT2D eigenvalue weighted by atomic mass is 9.89. The van der Waals surface area contributed by atoms with Crippen LogP contribution in [-0.4, -0.2) is 69.9 Å². The maximum Gasteiger partial charge on any atom is 0.153 e. The van der Waals surface area contributed by atoms with Gasteiger partial charge in [0.2, 0.25) is 0 Å². The van der Waals surface area contributed by atoms with Crippen molar-refractivity contribution >= 4 is 23.1 Å². The molecule has 196 valence electrons. The van der Waals surface area contributed by atoms with Crippen LogP contribution in [0, 0.1) is 0 Å². The molecule has 2 fully saturated rings. The van der Waals surface area contributed by atoms with E-state index in [1.54, 1.807) is 6.33 Å². The monoisotopic (exact) mass is 510 g/mol. The topological polar surface area (TPSA) is 89.5 Å². The number of hydrogen-bond acceptors (Lipinski definition) is 7. The molecule has 2 N–H and O–H groups in total. The largest absolute Gasteiger partial charge is 0.457 e. The number of anilines is 1. The minimum absolute atomic E-state index is 0.357. The Morgan fingerprint density at radius 2 is 1.68 bits per heavy atom. The fourth-order valence-electron chi connectivity index (χ4n) is 6.01. The number of likely N-dealkylation sites (N-methyl/N-ethyl adjacent to an activating group) is 1.